The minimum atomic E-state index is -0.872. The highest BCUT2D eigenvalue weighted by molar-refractivity contribution is 5.65. The van der Waals surface area contributed by atoms with E-state index in [1.807, 2.05) is 0 Å². The summed E-state index contributed by atoms with van der Waals surface area (Å²) in [4.78, 5) is 0. The second-order valence-corrected chi connectivity index (χ2v) is 8.73. The largest absolute Gasteiger partial charge is 0.491 e. The van der Waals surface area contributed by atoms with Crippen molar-refractivity contribution >= 4 is 0 Å². The van der Waals surface area contributed by atoms with Crippen molar-refractivity contribution in [3.63, 3.8) is 0 Å². The van der Waals surface area contributed by atoms with Crippen LogP contribution in [0.5, 0.6) is 11.5 Å². The summed E-state index contributed by atoms with van der Waals surface area (Å²) >= 11 is 0. The average molecular weight is 471 g/mol. The third kappa shape index (κ3) is 5.39. The maximum Gasteiger partial charge on any atom is 0.165 e. The number of hydrogen-bond donors (Lipinski definition) is 1. The van der Waals surface area contributed by atoms with Crippen molar-refractivity contribution < 1.29 is 27.8 Å². The minimum Gasteiger partial charge on any atom is -0.491 e. The SMILES string of the molecule is CCOc1ccc(-c2ccc(OCc3ccc(C4CCC(CO)CC4)c(F)c3F)cc2)cc1F. The van der Waals surface area contributed by atoms with Crippen molar-refractivity contribution in [2.75, 3.05) is 13.2 Å². The van der Waals surface area contributed by atoms with Crippen LogP contribution in [0.2, 0.25) is 0 Å². The molecular weight excluding hydrogens is 441 g/mol. The molecule has 1 aliphatic carbocycles. The van der Waals surface area contributed by atoms with Gasteiger partial charge in [0, 0.05) is 12.2 Å². The van der Waals surface area contributed by atoms with Gasteiger partial charge in [0.25, 0.3) is 0 Å². The molecule has 0 amide bonds. The fraction of sp³-hybridized carbons (Fsp3) is 0.357. The smallest absolute Gasteiger partial charge is 0.165 e. The Labute approximate surface area is 198 Å². The maximum atomic E-state index is 14.8. The third-order valence-electron chi connectivity index (χ3n) is 6.55. The molecule has 0 unspecified atom stereocenters. The molecule has 1 N–H and O–H groups in total. The summed E-state index contributed by atoms with van der Waals surface area (Å²) in [5, 5.41) is 9.28. The van der Waals surface area contributed by atoms with Crippen LogP contribution in [0.3, 0.4) is 0 Å². The Morgan fingerprint density at radius 1 is 0.824 bits per heavy atom. The molecule has 34 heavy (non-hydrogen) atoms. The van der Waals surface area contributed by atoms with Gasteiger partial charge in [0.1, 0.15) is 12.4 Å². The summed E-state index contributed by atoms with van der Waals surface area (Å²) in [6.07, 6.45) is 3.16. The molecule has 1 aliphatic rings. The number of ether oxygens (including phenoxy) is 2. The van der Waals surface area contributed by atoms with Gasteiger partial charge in [-0.2, -0.15) is 0 Å². The number of halogens is 3. The fourth-order valence-corrected chi connectivity index (χ4v) is 4.54. The highest BCUT2D eigenvalue weighted by Gasteiger charge is 2.26. The van der Waals surface area contributed by atoms with Crippen LogP contribution >= 0.6 is 0 Å². The van der Waals surface area contributed by atoms with E-state index in [2.05, 4.69) is 0 Å². The van der Waals surface area contributed by atoms with Crippen LogP contribution in [-0.2, 0) is 6.61 Å². The molecule has 0 aromatic heterocycles. The van der Waals surface area contributed by atoms with E-state index < -0.39 is 17.5 Å². The standard InChI is InChI=1S/C28H29F3O3/c1-2-33-26-14-10-21(15-25(26)29)19-7-11-23(12-8-19)34-17-22-9-13-24(28(31)27(22)30)20-5-3-18(16-32)4-6-20/h7-15,18,20,32H,2-6,16-17H2,1H3. The molecule has 3 aromatic carbocycles. The van der Waals surface area contributed by atoms with Gasteiger partial charge in [-0.3, -0.25) is 0 Å². The zero-order valence-electron chi connectivity index (χ0n) is 19.2. The van der Waals surface area contributed by atoms with Crippen LogP contribution in [0.4, 0.5) is 13.2 Å². The molecule has 1 fully saturated rings. The van der Waals surface area contributed by atoms with Gasteiger partial charge >= 0.3 is 0 Å². The molecule has 0 spiro atoms. The van der Waals surface area contributed by atoms with Gasteiger partial charge in [0.15, 0.2) is 23.2 Å². The quantitative estimate of drug-likeness (QED) is 0.385. The Kier molecular flexibility index (Phi) is 7.78. The van der Waals surface area contributed by atoms with Gasteiger partial charge in [-0.25, -0.2) is 13.2 Å². The first-order chi connectivity index (χ1) is 16.5. The van der Waals surface area contributed by atoms with Gasteiger partial charge in [0.05, 0.1) is 6.61 Å². The molecule has 4 rings (SSSR count). The Morgan fingerprint density at radius 3 is 2.18 bits per heavy atom. The van der Waals surface area contributed by atoms with Crippen LogP contribution in [0.25, 0.3) is 11.1 Å². The van der Waals surface area contributed by atoms with Gasteiger partial charge in [-0.05, 0) is 85.4 Å². The normalized spacial score (nSPS) is 18.0. The van der Waals surface area contributed by atoms with Crippen LogP contribution in [0.15, 0.2) is 54.6 Å². The molecule has 0 radical (unpaired) electrons. The Morgan fingerprint density at radius 2 is 1.53 bits per heavy atom. The Hall–Kier alpha value is -2.99. The monoisotopic (exact) mass is 470 g/mol. The van der Waals surface area contributed by atoms with E-state index in [1.165, 1.54) is 6.07 Å². The number of aliphatic hydroxyl groups is 1. The zero-order chi connectivity index (χ0) is 24.1. The fourth-order valence-electron chi connectivity index (χ4n) is 4.54. The molecule has 0 saturated heterocycles. The molecule has 0 aliphatic heterocycles. The molecule has 6 heteroatoms. The lowest BCUT2D eigenvalue weighted by Crippen LogP contribution is -2.17. The van der Waals surface area contributed by atoms with Crippen molar-refractivity contribution in [2.24, 2.45) is 5.92 Å². The summed E-state index contributed by atoms with van der Waals surface area (Å²) in [6, 6.07) is 15.0. The average Bonchev–Trinajstić information content (AvgIpc) is 2.87. The molecule has 0 bridgehead atoms. The van der Waals surface area contributed by atoms with E-state index in [9.17, 15) is 18.3 Å². The number of hydrogen-bond acceptors (Lipinski definition) is 3. The van der Waals surface area contributed by atoms with E-state index in [0.29, 0.717) is 23.5 Å². The zero-order valence-corrected chi connectivity index (χ0v) is 19.2. The summed E-state index contributed by atoms with van der Waals surface area (Å²) < 4.78 is 54.6. The molecule has 0 atom stereocenters. The lowest BCUT2D eigenvalue weighted by molar-refractivity contribution is 0.181. The highest BCUT2D eigenvalue weighted by atomic mass is 19.2. The van der Waals surface area contributed by atoms with E-state index >= 15 is 0 Å². The van der Waals surface area contributed by atoms with Crippen molar-refractivity contribution in [1.29, 1.82) is 0 Å². The van der Waals surface area contributed by atoms with Crippen LogP contribution < -0.4 is 9.47 Å². The summed E-state index contributed by atoms with van der Waals surface area (Å²) in [6.45, 7) is 2.24. The highest BCUT2D eigenvalue weighted by Crippen LogP contribution is 2.37. The minimum absolute atomic E-state index is 0.0211. The maximum absolute atomic E-state index is 14.8. The van der Waals surface area contributed by atoms with Crippen molar-refractivity contribution in [2.45, 2.75) is 45.1 Å². The second-order valence-electron chi connectivity index (χ2n) is 8.73. The van der Waals surface area contributed by atoms with E-state index in [4.69, 9.17) is 9.47 Å². The third-order valence-corrected chi connectivity index (χ3v) is 6.55. The predicted octanol–water partition coefficient (Wildman–Crippen LogP) is 7.01. The van der Waals surface area contributed by atoms with Gasteiger partial charge in [-0.15, -0.1) is 0 Å². The number of rotatable bonds is 8. The van der Waals surface area contributed by atoms with Gasteiger partial charge in [0.2, 0.25) is 0 Å². The molecule has 3 nitrogen and oxygen atoms in total. The predicted molar refractivity (Wildman–Crippen MR) is 125 cm³/mol. The first-order valence-corrected chi connectivity index (χ1v) is 11.7. The Bertz CT molecular complexity index is 1110. The van der Waals surface area contributed by atoms with E-state index in [1.54, 1.807) is 55.5 Å². The lowest BCUT2D eigenvalue weighted by Gasteiger charge is -2.28. The molecule has 3 aromatic rings. The first-order valence-electron chi connectivity index (χ1n) is 11.7. The Balaban J connectivity index is 1.40. The molecule has 1 saturated carbocycles. The number of aliphatic hydroxyl groups excluding tert-OH is 1. The van der Waals surface area contributed by atoms with Crippen molar-refractivity contribution in [1.82, 2.24) is 0 Å². The van der Waals surface area contributed by atoms with Crippen LogP contribution in [-0.4, -0.2) is 18.3 Å². The topological polar surface area (TPSA) is 38.7 Å². The second kappa shape index (κ2) is 11.0. The summed E-state index contributed by atoms with van der Waals surface area (Å²) in [7, 11) is 0. The molecule has 0 heterocycles. The van der Waals surface area contributed by atoms with Crippen molar-refractivity contribution in [3.8, 4) is 22.6 Å². The lowest BCUT2D eigenvalue weighted by atomic mass is 9.78. The number of benzene rings is 3. The van der Waals surface area contributed by atoms with Gasteiger partial charge in [-0.1, -0.05) is 30.3 Å². The first kappa shape index (κ1) is 24.1. The van der Waals surface area contributed by atoms with Gasteiger partial charge < -0.3 is 14.6 Å². The molecule has 180 valence electrons. The van der Waals surface area contributed by atoms with E-state index in [-0.39, 0.29) is 36.4 Å². The van der Waals surface area contributed by atoms with E-state index in [0.717, 1.165) is 31.2 Å². The molecular formula is C28H29F3O3. The van der Waals surface area contributed by atoms with Crippen LogP contribution in [0, 0.1) is 23.4 Å². The van der Waals surface area contributed by atoms with Crippen LogP contribution in [0.1, 0.15) is 49.7 Å². The summed E-state index contributed by atoms with van der Waals surface area (Å²) in [5.41, 5.74) is 2.06. The summed E-state index contributed by atoms with van der Waals surface area (Å²) in [5.74, 6) is -1.15. The van der Waals surface area contributed by atoms with Crippen molar-refractivity contribution in [3.05, 3.63) is 83.2 Å².